The highest BCUT2D eigenvalue weighted by molar-refractivity contribution is 5.81. The van der Waals surface area contributed by atoms with Crippen molar-refractivity contribution in [2.75, 3.05) is 0 Å². The van der Waals surface area contributed by atoms with Crippen molar-refractivity contribution in [3.63, 3.8) is 0 Å². The lowest BCUT2D eigenvalue weighted by Gasteiger charge is -2.27. The van der Waals surface area contributed by atoms with E-state index in [1.54, 1.807) is 0 Å². The summed E-state index contributed by atoms with van der Waals surface area (Å²) in [5.41, 5.74) is 3.75. The van der Waals surface area contributed by atoms with E-state index in [9.17, 15) is 4.79 Å². The number of nitrogens with one attached hydrogen (secondary N) is 1. The van der Waals surface area contributed by atoms with Crippen molar-refractivity contribution in [2.24, 2.45) is 0 Å². The van der Waals surface area contributed by atoms with Crippen molar-refractivity contribution in [2.45, 2.75) is 45.6 Å². The molecule has 1 unspecified atom stereocenters. The molecule has 0 radical (unpaired) electrons. The van der Waals surface area contributed by atoms with Crippen molar-refractivity contribution in [1.82, 2.24) is 5.32 Å². The van der Waals surface area contributed by atoms with Crippen LogP contribution in [0.3, 0.4) is 0 Å². The summed E-state index contributed by atoms with van der Waals surface area (Å²) >= 11 is 0. The second-order valence-corrected chi connectivity index (χ2v) is 5.37. The summed E-state index contributed by atoms with van der Waals surface area (Å²) in [5, 5.41) is 3.04. The molecule has 1 atom stereocenters. The van der Waals surface area contributed by atoms with Crippen LogP contribution in [-0.2, 0) is 4.79 Å². The molecule has 1 saturated heterocycles. The van der Waals surface area contributed by atoms with Gasteiger partial charge in [0, 0.05) is 17.9 Å². The van der Waals surface area contributed by atoms with E-state index in [1.165, 1.54) is 16.7 Å². The van der Waals surface area contributed by atoms with Gasteiger partial charge in [-0.15, -0.1) is 0 Å². The maximum atomic E-state index is 11.5. The van der Waals surface area contributed by atoms with Gasteiger partial charge in [-0.3, -0.25) is 4.79 Å². The number of aryl methyl sites for hydroxylation is 2. The molecule has 86 valence electrons. The first-order valence-corrected chi connectivity index (χ1v) is 5.78. The molecule has 0 spiro atoms. The second kappa shape index (κ2) is 3.62. The lowest BCUT2D eigenvalue weighted by atomic mass is 9.82. The zero-order chi connectivity index (χ0) is 11.9. The van der Waals surface area contributed by atoms with Crippen LogP contribution in [0.4, 0.5) is 0 Å². The average Bonchev–Trinajstić information content (AvgIpc) is 2.44. The van der Waals surface area contributed by atoms with Crippen LogP contribution in [0.1, 0.15) is 42.9 Å². The van der Waals surface area contributed by atoms with Gasteiger partial charge in [-0.1, -0.05) is 18.2 Å². The quantitative estimate of drug-likeness (QED) is 0.770. The van der Waals surface area contributed by atoms with Crippen LogP contribution in [0.25, 0.3) is 0 Å². The first-order chi connectivity index (χ1) is 7.40. The molecule has 1 aliphatic heterocycles. The predicted octanol–water partition coefficient (Wildman–Crippen LogP) is 2.69. The molecule has 2 heteroatoms. The summed E-state index contributed by atoms with van der Waals surface area (Å²) in [6, 6.07) is 6.50. The summed E-state index contributed by atoms with van der Waals surface area (Å²) in [6.07, 6.45) is 0.607. The highest BCUT2D eigenvalue weighted by Gasteiger charge is 2.39. The maximum absolute atomic E-state index is 11.5. The monoisotopic (exact) mass is 217 g/mol. The minimum atomic E-state index is -0.126. The zero-order valence-corrected chi connectivity index (χ0v) is 10.4. The van der Waals surface area contributed by atoms with Crippen molar-refractivity contribution < 1.29 is 4.79 Å². The first kappa shape index (κ1) is 11.2. The van der Waals surface area contributed by atoms with E-state index in [1.807, 2.05) is 0 Å². The van der Waals surface area contributed by atoms with Gasteiger partial charge in [-0.05, 0) is 44.4 Å². The van der Waals surface area contributed by atoms with Crippen molar-refractivity contribution in [3.8, 4) is 0 Å². The molecule has 1 aromatic carbocycles. The average molecular weight is 217 g/mol. The standard InChI is InChI=1S/C14H19NO/c1-9-5-6-11(7-10(9)2)12-8-13(16)15-14(12,3)4/h5-7,12H,8H2,1-4H3,(H,15,16). The molecule has 1 amide bonds. The van der Waals surface area contributed by atoms with Crippen LogP contribution in [0.2, 0.25) is 0 Å². The molecule has 2 nitrogen and oxygen atoms in total. The van der Waals surface area contributed by atoms with Crippen molar-refractivity contribution >= 4 is 5.91 Å². The van der Waals surface area contributed by atoms with Crippen molar-refractivity contribution in [3.05, 3.63) is 34.9 Å². The number of carbonyl (C=O) groups is 1. The number of rotatable bonds is 1. The fourth-order valence-corrected chi connectivity index (χ4v) is 2.45. The van der Waals surface area contributed by atoms with Gasteiger partial charge in [0.1, 0.15) is 0 Å². The van der Waals surface area contributed by atoms with E-state index in [-0.39, 0.29) is 11.4 Å². The normalized spacial score (nSPS) is 23.2. The molecule has 0 bridgehead atoms. The Bertz CT molecular complexity index is 434. The highest BCUT2D eigenvalue weighted by atomic mass is 16.2. The molecule has 0 saturated carbocycles. The lowest BCUT2D eigenvalue weighted by molar-refractivity contribution is -0.119. The largest absolute Gasteiger partial charge is 0.351 e. The molecule has 1 aromatic rings. The van der Waals surface area contributed by atoms with E-state index >= 15 is 0 Å². The Hall–Kier alpha value is -1.31. The van der Waals surface area contributed by atoms with Gasteiger partial charge >= 0.3 is 0 Å². The Morgan fingerprint density at radius 3 is 2.44 bits per heavy atom. The Kier molecular flexibility index (Phi) is 2.53. The van der Waals surface area contributed by atoms with Crippen LogP contribution in [0, 0.1) is 13.8 Å². The number of benzene rings is 1. The Balaban J connectivity index is 2.37. The zero-order valence-electron chi connectivity index (χ0n) is 10.4. The van der Waals surface area contributed by atoms with Crippen LogP contribution in [-0.4, -0.2) is 11.4 Å². The van der Waals surface area contributed by atoms with Crippen LogP contribution < -0.4 is 5.32 Å². The smallest absolute Gasteiger partial charge is 0.221 e. The fourth-order valence-electron chi connectivity index (χ4n) is 2.45. The molecule has 0 aromatic heterocycles. The summed E-state index contributed by atoms with van der Waals surface area (Å²) in [7, 11) is 0. The third-order valence-corrected chi connectivity index (χ3v) is 3.66. The van der Waals surface area contributed by atoms with E-state index in [4.69, 9.17) is 0 Å². The fraction of sp³-hybridized carbons (Fsp3) is 0.500. The Morgan fingerprint density at radius 1 is 1.25 bits per heavy atom. The van der Waals surface area contributed by atoms with Gasteiger partial charge in [-0.25, -0.2) is 0 Å². The maximum Gasteiger partial charge on any atom is 0.221 e. The summed E-state index contributed by atoms with van der Waals surface area (Å²) in [5.74, 6) is 0.451. The first-order valence-electron chi connectivity index (χ1n) is 5.78. The second-order valence-electron chi connectivity index (χ2n) is 5.37. The third kappa shape index (κ3) is 1.84. The lowest BCUT2D eigenvalue weighted by Crippen LogP contribution is -2.38. The molecule has 16 heavy (non-hydrogen) atoms. The topological polar surface area (TPSA) is 29.1 Å². The van der Waals surface area contributed by atoms with E-state index in [2.05, 4.69) is 51.2 Å². The molecular weight excluding hydrogens is 198 g/mol. The van der Waals surface area contributed by atoms with Crippen LogP contribution in [0.15, 0.2) is 18.2 Å². The van der Waals surface area contributed by atoms with Gasteiger partial charge in [0.25, 0.3) is 0 Å². The number of amides is 1. The van der Waals surface area contributed by atoms with E-state index in [0.717, 1.165) is 0 Å². The van der Waals surface area contributed by atoms with Crippen LogP contribution in [0.5, 0.6) is 0 Å². The minimum Gasteiger partial charge on any atom is -0.351 e. The van der Waals surface area contributed by atoms with Crippen molar-refractivity contribution in [1.29, 1.82) is 0 Å². The molecule has 2 rings (SSSR count). The van der Waals surface area contributed by atoms with E-state index < -0.39 is 0 Å². The van der Waals surface area contributed by atoms with Gasteiger partial charge in [0.15, 0.2) is 0 Å². The molecular formula is C14H19NO. The summed E-state index contributed by atoms with van der Waals surface area (Å²) in [4.78, 5) is 11.5. The minimum absolute atomic E-state index is 0.126. The third-order valence-electron chi connectivity index (χ3n) is 3.66. The molecule has 1 aliphatic rings. The molecule has 1 N–H and O–H groups in total. The van der Waals surface area contributed by atoms with Gasteiger partial charge in [0.2, 0.25) is 5.91 Å². The number of hydrogen-bond acceptors (Lipinski definition) is 1. The highest BCUT2D eigenvalue weighted by Crippen LogP contribution is 2.36. The molecule has 1 heterocycles. The summed E-state index contributed by atoms with van der Waals surface area (Å²) in [6.45, 7) is 8.42. The number of hydrogen-bond donors (Lipinski definition) is 1. The van der Waals surface area contributed by atoms with E-state index in [0.29, 0.717) is 12.3 Å². The predicted molar refractivity (Wildman–Crippen MR) is 65.5 cm³/mol. The van der Waals surface area contributed by atoms with Crippen LogP contribution >= 0.6 is 0 Å². The molecule has 1 fully saturated rings. The Morgan fingerprint density at radius 2 is 1.94 bits per heavy atom. The van der Waals surface area contributed by atoms with Gasteiger partial charge < -0.3 is 5.32 Å². The van der Waals surface area contributed by atoms with Gasteiger partial charge in [-0.2, -0.15) is 0 Å². The molecule has 0 aliphatic carbocycles. The van der Waals surface area contributed by atoms with Gasteiger partial charge in [0.05, 0.1) is 0 Å². The Labute approximate surface area is 97.1 Å². The number of carbonyl (C=O) groups excluding carboxylic acids is 1. The SMILES string of the molecule is Cc1ccc(C2CC(=O)NC2(C)C)cc1C. The summed E-state index contributed by atoms with van der Waals surface area (Å²) < 4.78 is 0.